The van der Waals surface area contributed by atoms with Crippen LogP contribution < -0.4 is 4.72 Å². The molecule has 1 atom stereocenters. The lowest BCUT2D eigenvalue weighted by Crippen LogP contribution is -2.29. The zero-order valence-corrected chi connectivity index (χ0v) is 10.7. The van der Waals surface area contributed by atoms with Gasteiger partial charge < -0.3 is 0 Å². The fraction of sp³-hybridized carbons (Fsp3) is 0.545. The molecule has 0 aliphatic rings. The van der Waals surface area contributed by atoms with Crippen LogP contribution in [0, 0.1) is 6.92 Å². The summed E-state index contributed by atoms with van der Waals surface area (Å²) in [6.07, 6.45) is 0.614. The normalized spacial score (nSPS) is 13.7. The number of hydrogen-bond acceptors (Lipinski definition) is 3. The van der Waals surface area contributed by atoms with Crippen LogP contribution in [0.5, 0.6) is 0 Å². The summed E-state index contributed by atoms with van der Waals surface area (Å²) in [6.45, 7) is 5.53. The van der Waals surface area contributed by atoms with Gasteiger partial charge in [-0.1, -0.05) is 13.0 Å². The van der Waals surface area contributed by atoms with E-state index in [0.29, 0.717) is 6.42 Å². The zero-order chi connectivity index (χ0) is 12.2. The Morgan fingerprint density at radius 2 is 2.12 bits per heavy atom. The smallest absolute Gasteiger partial charge is 0.212 e. The molecule has 0 saturated carbocycles. The minimum atomic E-state index is -3.18. The predicted molar refractivity (Wildman–Crippen MR) is 64.6 cm³/mol. The van der Waals surface area contributed by atoms with Gasteiger partial charge in [0, 0.05) is 5.69 Å². The monoisotopic (exact) mass is 242 g/mol. The Morgan fingerprint density at radius 1 is 1.44 bits per heavy atom. The molecule has 5 heteroatoms. The molecule has 90 valence electrons. The Bertz CT molecular complexity index is 443. The van der Waals surface area contributed by atoms with Crippen molar-refractivity contribution in [2.24, 2.45) is 0 Å². The molecular formula is C11H18N2O2S. The number of hydrogen-bond donors (Lipinski definition) is 1. The van der Waals surface area contributed by atoms with E-state index >= 15 is 0 Å². The molecule has 0 fully saturated rings. The molecular weight excluding hydrogens is 224 g/mol. The largest absolute Gasteiger partial charge is 0.256 e. The first-order chi connectivity index (χ1) is 7.44. The van der Waals surface area contributed by atoms with Crippen LogP contribution in [0.15, 0.2) is 18.2 Å². The third kappa shape index (κ3) is 3.90. The SMILES string of the molecule is CCCS(=O)(=O)N[C@H](C)c1cccc(C)n1. The van der Waals surface area contributed by atoms with Crippen LogP contribution in [0.3, 0.4) is 0 Å². The molecule has 0 amide bonds. The third-order valence-corrected chi connectivity index (χ3v) is 3.84. The minimum Gasteiger partial charge on any atom is -0.256 e. The number of pyridine rings is 1. The van der Waals surface area contributed by atoms with Crippen molar-refractivity contribution in [3.63, 3.8) is 0 Å². The molecule has 1 aromatic heterocycles. The van der Waals surface area contributed by atoms with Crippen molar-refractivity contribution in [2.45, 2.75) is 33.2 Å². The van der Waals surface area contributed by atoms with Gasteiger partial charge in [-0.3, -0.25) is 4.98 Å². The highest BCUT2D eigenvalue weighted by Gasteiger charge is 2.15. The molecule has 0 radical (unpaired) electrons. The van der Waals surface area contributed by atoms with E-state index in [-0.39, 0.29) is 11.8 Å². The van der Waals surface area contributed by atoms with Crippen LogP contribution in [0.2, 0.25) is 0 Å². The fourth-order valence-electron chi connectivity index (χ4n) is 1.46. The molecule has 0 bridgehead atoms. The number of sulfonamides is 1. The molecule has 0 spiro atoms. The molecule has 4 nitrogen and oxygen atoms in total. The molecule has 0 saturated heterocycles. The van der Waals surface area contributed by atoms with E-state index < -0.39 is 10.0 Å². The van der Waals surface area contributed by atoms with E-state index in [9.17, 15) is 8.42 Å². The Morgan fingerprint density at radius 3 is 2.69 bits per heavy atom. The summed E-state index contributed by atoms with van der Waals surface area (Å²) in [5.41, 5.74) is 1.64. The maximum absolute atomic E-state index is 11.6. The number of aryl methyl sites for hydroxylation is 1. The number of nitrogens with zero attached hydrogens (tertiary/aromatic N) is 1. The van der Waals surface area contributed by atoms with E-state index in [0.717, 1.165) is 11.4 Å². The summed E-state index contributed by atoms with van der Waals surface area (Å²) < 4.78 is 25.7. The van der Waals surface area contributed by atoms with Crippen LogP contribution >= 0.6 is 0 Å². The average molecular weight is 242 g/mol. The van der Waals surface area contributed by atoms with Crippen LogP contribution in [-0.4, -0.2) is 19.2 Å². The second-order valence-corrected chi connectivity index (χ2v) is 5.74. The summed E-state index contributed by atoms with van der Waals surface area (Å²) in [6, 6.07) is 5.31. The summed E-state index contributed by atoms with van der Waals surface area (Å²) >= 11 is 0. The van der Waals surface area contributed by atoms with Crippen LogP contribution in [-0.2, 0) is 10.0 Å². The average Bonchev–Trinajstić information content (AvgIpc) is 2.16. The van der Waals surface area contributed by atoms with Crippen molar-refractivity contribution in [1.82, 2.24) is 9.71 Å². The van der Waals surface area contributed by atoms with E-state index in [1.54, 1.807) is 6.92 Å². The van der Waals surface area contributed by atoms with Crippen LogP contribution in [0.25, 0.3) is 0 Å². The standard InChI is InChI=1S/C11H18N2O2S/c1-4-8-16(14,15)13-10(3)11-7-5-6-9(2)12-11/h5-7,10,13H,4,8H2,1-3H3/t10-/m1/s1. The zero-order valence-electron chi connectivity index (χ0n) is 9.90. The molecule has 0 unspecified atom stereocenters. The van der Waals surface area contributed by atoms with E-state index in [4.69, 9.17) is 0 Å². The molecule has 1 aromatic rings. The first-order valence-electron chi connectivity index (χ1n) is 5.38. The van der Waals surface area contributed by atoms with Crippen molar-refractivity contribution in [1.29, 1.82) is 0 Å². The maximum atomic E-state index is 11.6. The molecule has 0 aliphatic heterocycles. The second kappa shape index (κ2) is 5.41. The fourth-order valence-corrected chi connectivity index (χ4v) is 2.78. The molecule has 1 rings (SSSR count). The Kier molecular flexibility index (Phi) is 4.44. The van der Waals surface area contributed by atoms with Gasteiger partial charge in [0.05, 0.1) is 17.5 Å². The van der Waals surface area contributed by atoms with Crippen molar-refractivity contribution in [3.8, 4) is 0 Å². The number of rotatable bonds is 5. The predicted octanol–water partition coefficient (Wildman–Crippen LogP) is 1.78. The van der Waals surface area contributed by atoms with Crippen molar-refractivity contribution >= 4 is 10.0 Å². The van der Waals surface area contributed by atoms with Crippen molar-refractivity contribution in [2.75, 3.05) is 5.75 Å². The summed E-state index contributed by atoms with van der Waals surface area (Å²) in [4.78, 5) is 4.29. The van der Waals surface area contributed by atoms with Crippen molar-refractivity contribution < 1.29 is 8.42 Å². The lowest BCUT2D eigenvalue weighted by Gasteiger charge is -2.13. The molecule has 0 aliphatic carbocycles. The van der Waals surface area contributed by atoms with E-state index in [1.807, 2.05) is 32.0 Å². The van der Waals surface area contributed by atoms with E-state index in [1.165, 1.54) is 0 Å². The number of nitrogens with one attached hydrogen (secondary N) is 1. The van der Waals surface area contributed by atoms with Gasteiger partial charge in [-0.25, -0.2) is 13.1 Å². The topological polar surface area (TPSA) is 59.1 Å². The minimum absolute atomic E-state index is 0.156. The Hall–Kier alpha value is -0.940. The quantitative estimate of drug-likeness (QED) is 0.856. The lowest BCUT2D eigenvalue weighted by molar-refractivity contribution is 0.562. The Balaban J connectivity index is 2.76. The van der Waals surface area contributed by atoms with Crippen LogP contribution in [0.1, 0.15) is 37.7 Å². The van der Waals surface area contributed by atoms with Gasteiger partial charge in [0.2, 0.25) is 10.0 Å². The Labute approximate surface area is 97.2 Å². The lowest BCUT2D eigenvalue weighted by atomic mass is 10.2. The molecule has 1 heterocycles. The molecule has 0 aromatic carbocycles. The number of aromatic nitrogens is 1. The highest BCUT2D eigenvalue weighted by Crippen LogP contribution is 2.11. The van der Waals surface area contributed by atoms with Gasteiger partial charge in [0.15, 0.2) is 0 Å². The highest BCUT2D eigenvalue weighted by atomic mass is 32.2. The first-order valence-corrected chi connectivity index (χ1v) is 7.03. The molecule has 1 N–H and O–H groups in total. The molecule has 16 heavy (non-hydrogen) atoms. The highest BCUT2D eigenvalue weighted by molar-refractivity contribution is 7.89. The third-order valence-electron chi connectivity index (χ3n) is 2.18. The summed E-state index contributed by atoms with van der Waals surface area (Å²) in [5, 5.41) is 0. The summed E-state index contributed by atoms with van der Waals surface area (Å²) in [7, 11) is -3.18. The van der Waals surface area contributed by atoms with Gasteiger partial charge in [-0.05, 0) is 32.4 Å². The van der Waals surface area contributed by atoms with E-state index in [2.05, 4.69) is 9.71 Å². The van der Waals surface area contributed by atoms with Gasteiger partial charge in [0.25, 0.3) is 0 Å². The van der Waals surface area contributed by atoms with Crippen LogP contribution in [0.4, 0.5) is 0 Å². The van der Waals surface area contributed by atoms with Crippen molar-refractivity contribution in [3.05, 3.63) is 29.6 Å². The first kappa shape index (κ1) is 13.1. The van der Waals surface area contributed by atoms with Gasteiger partial charge >= 0.3 is 0 Å². The van der Waals surface area contributed by atoms with Gasteiger partial charge in [-0.15, -0.1) is 0 Å². The maximum Gasteiger partial charge on any atom is 0.212 e. The van der Waals surface area contributed by atoms with Gasteiger partial charge in [0.1, 0.15) is 0 Å². The second-order valence-electron chi connectivity index (χ2n) is 3.86. The van der Waals surface area contributed by atoms with Gasteiger partial charge in [-0.2, -0.15) is 0 Å². The summed E-state index contributed by atoms with van der Waals surface area (Å²) in [5.74, 6) is 0.156.